The molecule has 1 atom stereocenters. The van der Waals surface area contributed by atoms with E-state index in [4.69, 9.17) is 4.74 Å². The van der Waals surface area contributed by atoms with Gasteiger partial charge in [0, 0.05) is 19.1 Å². The summed E-state index contributed by atoms with van der Waals surface area (Å²) < 4.78 is 45.4. The Hall–Kier alpha value is -1.18. The van der Waals surface area contributed by atoms with Crippen LogP contribution in [0.2, 0.25) is 0 Å². The van der Waals surface area contributed by atoms with Crippen LogP contribution in [0.4, 0.5) is 4.39 Å². The van der Waals surface area contributed by atoms with Crippen LogP contribution in [0, 0.1) is 11.7 Å². The molecule has 2 saturated heterocycles. The predicted octanol–water partition coefficient (Wildman–Crippen LogP) is 1.99. The number of ether oxygens (including phenoxy) is 1. The Labute approximate surface area is 136 Å². The zero-order valence-electron chi connectivity index (χ0n) is 13.3. The van der Waals surface area contributed by atoms with E-state index in [1.165, 1.54) is 36.4 Å². The van der Waals surface area contributed by atoms with Crippen molar-refractivity contribution >= 4 is 10.0 Å². The van der Waals surface area contributed by atoms with E-state index >= 15 is 0 Å². The third kappa shape index (κ3) is 3.36. The van der Waals surface area contributed by atoms with Gasteiger partial charge in [-0.05, 0) is 56.3 Å². The molecule has 1 N–H and O–H groups in total. The first-order valence-electron chi connectivity index (χ1n) is 8.09. The van der Waals surface area contributed by atoms with Gasteiger partial charge in [-0.25, -0.2) is 12.8 Å². The Kier molecular flexibility index (Phi) is 4.89. The molecule has 3 rings (SSSR count). The molecule has 1 aromatic carbocycles. The lowest BCUT2D eigenvalue weighted by Crippen LogP contribution is -2.43. The minimum Gasteiger partial charge on any atom is -0.494 e. The Bertz CT molecular complexity index is 651. The van der Waals surface area contributed by atoms with Gasteiger partial charge in [0.15, 0.2) is 11.6 Å². The minimum absolute atomic E-state index is 0.00626. The molecule has 2 heterocycles. The monoisotopic (exact) mass is 342 g/mol. The quantitative estimate of drug-likeness (QED) is 0.909. The second-order valence-corrected chi connectivity index (χ2v) is 8.18. The van der Waals surface area contributed by atoms with Crippen molar-refractivity contribution in [3.8, 4) is 5.75 Å². The summed E-state index contributed by atoms with van der Waals surface area (Å²) >= 11 is 0. The lowest BCUT2D eigenvalue weighted by molar-refractivity contribution is 0.234. The molecule has 1 aromatic rings. The summed E-state index contributed by atoms with van der Waals surface area (Å²) in [7, 11) is -2.28. The molecule has 0 aliphatic carbocycles. The Morgan fingerprint density at radius 3 is 2.57 bits per heavy atom. The number of methoxy groups -OCH3 is 1. The standard InChI is InChI=1S/C16H23FN2O3S/c1-22-16-5-4-13(11-14(16)17)23(20,21)19-9-6-12(7-10-19)15-3-2-8-18-15/h4-5,11-12,15,18H,2-3,6-10H2,1H3. The smallest absolute Gasteiger partial charge is 0.243 e. The molecule has 2 fully saturated rings. The van der Waals surface area contributed by atoms with Crippen LogP contribution in [-0.2, 0) is 10.0 Å². The molecule has 0 aromatic heterocycles. The highest BCUT2D eigenvalue weighted by Gasteiger charge is 2.33. The van der Waals surface area contributed by atoms with E-state index in [2.05, 4.69) is 5.32 Å². The van der Waals surface area contributed by atoms with Crippen LogP contribution in [0.5, 0.6) is 5.75 Å². The molecule has 1 unspecified atom stereocenters. The molecule has 0 spiro atoms. The molecule has 0 amide bonds. The highest BCUT2D eigenvalue weighted by molar-refractivity contribution is 7.89. The topological polar surface area (TPSA) is 58.6 Å². The van der Waals surface area contributed by atoms with Gasteiger partial charge < -0.3 is 10.1 Å². The average Bonchev–Trinajstić information content (AvgIpc) is 3.09. The lowest BCUT2D eigenvalue weighted by atomic mass is 9.89. The van der Waals surface area contributed by atoms with Gasteiger partial charge in [-0.15, -0.1) is 0 Å². The number of halogens is 1. The molecule has 0 saturated carbocycles. The summed E-state index contributed by atoms with van der Waals surface area (Å²) in [5.41, 5.74) is 0. The highest BCUT2D eigenvalue weighted by Crippen LogP contribution is 2.29. The number of nitrogens with one attached hydrogen (secondary N) is 1. The SMILES string of the molecule is COc1ccc(S(=O)(=O)N2CCC(C3CCCN3)CC2)cc1F. The first-order valence-corrected chi connectivity index (χ1v) is 9.53. The third-order valence-corrected chi connectivity index (χ3v) is 6.82. The molecule has 128 valence electrons. The summed E-state index contributed by atoms with van der Waals surface area (Å²) in [4.78, 5) is -0.00626. The van der Waals surface area contributed by atoms with Gasteiger partial charge in [-0.3, -0.25) is 0 Å². The number of rotatable bonds is 4. The number of nitrogens with zero attached hydrogens (tertiary/aromatic N) is 1. The summed E-state index contributed by atoms with van der Waals surface area (Å²) in [6.45, 7) is 2.06. The number of benzene rings is 1. The predicted molar refractivity (Wildman–Crippen MR) is 85.5 cm³/mol. The van der Waals surface area contributed by atoms with Crippen molar-refractivity contribution in [3.63, 3.8) is 0 Å². The zero-order chi connectivity index (χ0) is 16.4. The van der Waals surface area contributed by atoms with Crippen molar-refractivity contribution < 1.29 is 17.5 Å². The molecule has 23 heavy (non-hydrogen) atoms. The Morgan fingerprint density at radius 1 is 1.26 bits per heavy atom. The fraction of sp³-hybridized carbons (Fsp3) is 0.625. The fourth-order valence-electron chi connectivity index (χ4n) is 3.59. The van der Waals surface area contributed by atoms with Gasteiger partial charge in [0.05, 0.1) is 12.0 Å². The van der Waals surface area contributed by atoms with E-state index in [1.807, 2.05) is 0 Å². The average molecular weight is 342 g/mol. The van der Waals surface area contributed by atoms with Crippen LogP contribution in [0.15, 0.2) is 23.1 Å². The third-order valence-electron chi connectivity index (χ3n) is 4.93. The largest absolute Gasteiger partial charge is 0.494 e. The van der Waals surface area contributed by atoms with Crippen LogP contribution < -0.4 is 10.1 Å². The van der Waals surface area contributed by atoms with Gasteiger partial charge in [-0.2, -0.15) is 4.31 Å². The fourth-order valence-corrected chi connectivity index (χ4v) is 5.07. The molecule has 7 heteroatoms. The Morgan fingerprint density at radius 2 is 2.00 bits per heavy atom. The molecule has 2 aliphatic heterocycles. The van der Waals surface area contributed by atoms with E-state index in [0.29, 0.717) is 25.0 Å². The van der Waals surface area contributed by atoms with E-state index < -0.39 is 15.8 Å². The van der Waals surface area contributed by atoms with Crippen molar-refractivity contribution in [3.05, 3.63) is 24.0 Å². The molecule has 0 bridgehead atoms. The van der Waals surface area contributed by atoms with Crippen LogP contribution in [0.3, 0.4) is 0 Å². The maximum atomic E-state index is 13.8. The van der Waals surface area contributed by atoms with E-state index in [1.54, 1.807) is 0 Å². The molecule has 0 radical (unpaired) electrons. The minimum atomic E-state index is -3.64. The molecule has 2 aliphatic rings. The lowest BCUT2D eigenvalue weighted by Gasteiger charge is -2.34. The number of piperidine rings is 1. The van der Waals surface area contributed by atoms with Crippen LogP contribution >= 0.6 is 0 Å². The first-order chi connectivity index (χ1) is 11.0. The van der Waals surface area contributed by atoms with E-state index in [9.17, 15) is 12.8 Å². The molecule has 5 nitrogen and oxygen atoms in total. The van der Waals surface area contributed by atoms with Gasteiger partial charge in [-0.1, -0.05) is 0 Å². The van der Waals surface area contributed by atoms with Crippen molar-refractivity contribution in [1.29, 1.82) is 0 Å². The van der Waals surface area contributed by atoms with E-state index in [0.717, 1.165) is 25.5 Å². The zero-order valence-corrected chi connectivity index (χ0v) is 14.1. The Balaban J connectivity index is 1.70. The van der Waals surface area contributed by atoms with Crippen LogP contribution in [-0.4, -0.2) is 45.5 Å². The molecular formula is C16H23FN2O3S. The van der Waals surface area contributed by atoms with Crippen LogP contribution in [0.25, 0.3) is 0 Å². The second-order valence-electron chi connectivity index (χ2n) is 6.24. The summed E-state index contributed by atoms with van der Waals surface area (Å²) in [5, 5.41) is 3.50. The normalized spacial score (nSPS) is 24.0. The summed E-state index contributed by atoms with van der Waals surface area (Å²) in [6, 6.07) is 4.33. The van der Waals surface area contributed by atoms with Crippen molar-refractivity contribution in [2.75, 3.05) is 26.7 Å². The van der Waals surface area contributed by atoms with Crippen LogP contribution in [0.1, 0.15) is 25.7 Å². The van der Waals surface area contributed by atoms with Crippen molar-refractivity contribution in [1.82, 2.24) is 9.62 Å². The van der Waals surface area contributed by atoms with E-state index in [-0.39, 0.29) is 10.6 Å². The van der Waals surface area contributed by atoms with Gasteiger partial charge in [0.25, 0.3) is 0 Å². The van der Waals surface area contributed by atoms with Crippen molar-refractivity contribution in [2.45, 2.75) is 36.6 Å². The van der Waals surface area contributed by atoms with Gasteiger partial charge in [0.2, 0.25) is 10.0 Å². The molecular weight excluding hydrogens is 319 g/mol. The van der Waals surface area contributed by atoms with Crippen molar-refractivity contribution in [2.24, 2.45) is 5.92 Å². The number of hydrogen-bond donors (Lipinski definition) is 1. The van der Waals surface area contributed by atoms with Gasteiger partial charge in [0.1, 0.15) is 0 Å². The first kappa shape index (κ1) is 16.7. The maximum Gasteiger partial charge on any atom is 0.243 e. The van der Waals surface area contributed by atoms with Gasteiger partial charge >= 0.3 is 0 Å². The summed E-state index contributed by atoms with van der Waals surface area (Å²) in [6.07, 6.45) is 4.10. The summed E-state index contributed by atoms with van der Waals surface area (Å²) in [5.74, 6) is -0.0647. The number of sulfonamides is 1. The second kappa shape index (κ2) is 6.75. The maximum absolute atomic E-state index is 13.8. The highest BCUT2D eigenvalue weighted by atomic mass is 32.2. The number of hydrogen-bond acceptors (Lipinski definition) is 4.